The Balaban J connectivity index is 0.00000338. The Labute approximate surface area is 176 Å². The molecule has 0 heterocycles. The zero-order valence-corrected chi connectivity index (χ0v) is 18.8. The van der Waals surface area contributed by atoms with Crippen molar-refractivity contribution in [1.29, 1.82) is 0 Å². The summed E-state index contributed by atoms with van der Waals surface area (Å²) in [5.41, 5.74) is 1.60. The number of ether oxygens (including phenoxy) is 1. The predicted octanol–water partition coefficient (Wildman–Crippen LogP) is 3.50. The number of hydrogen-bond donors (Lipinski definition) is 2. The molecule has 0 aromatic heterocycles. The van der Waals surface area contributed by atoms with Crippen LogP contribution in [0.2, 0.25) is 0 Å². The number of rotatable bonds is 9. The van der Waals surface area contributed by atoms with E-state index in [1.165, 1.54) is 31.4 Å². The van der Waals surface area contributed by atoms with Gasteiger partial charge >= 0.3 is 0 Å². The van der Waals surface area contributed by atoms with E-state index in [2.05, 4.69) is 51.8 Å². The third kappa shape index (κ3) is 7.31. The molecule has 2 N–H and O–H groups in total. The average Bonchev–Trinajstić information content (AvgIpc) is 3.12. The first-order chi connectivity index (χ1) is 12.2. The number of guanidine groups is 1. The molecule has 0 bridgehead atoms. The van der Waals surface area contributed by atoms with Gasteiger partial charge in [-0.05, 0) is 36.8 Å². The van der Waals surface area contributed by atoms with Crippen LogP contribution < -0.4 is 15.5 Å². The summed E-state index contributed by atoms with van der Waals surface area (Å²) in [5, 5.41) is 6.97. The smallest absolute Gasteiger partial charge is 0.191 e. The number of aliphatic imine (C=N–C) groups is 1. The Kier molecular flexibility index (Phi) is 11.0. The number of nitrogens with one attached hydrogen (secondary N) is 2. The third-order valence-electron chi connectivity index (χ3n) is 5.29. The first kappa shape index (κ1) is 23.0. The summed E-state index contributed by atoms with van der Waals surface area (Å²) in [6.07, 6.45) is 6.37. The van der Waals surface area contributed by atoms with Crippen LogP contribution in [-0.2, 0) is 4.74 Å². The highest BCUT2D eigenvalue weighted by molar-refractivity contribution is 14.0. The summed E-state index contributed by atoms with van der Waals surface area (Å²) >= 11 is 0. The van der Waals surface area contributed by atoms with Gasteiger partial charge in [-0.1, -0.05) is 31.0 Å². The number of hydrogen-bond acceptors (Lipinski definition) is 3. The van der Waals surface area contributed by atoms with Crippen molar-refractivity contribution in [2.75, 3.05) is 52.3 Å². The first-order valence-electron chi connectivity index (χ1n) is 9.39. The fourth-order valence-corrected chi connectivity index (χ4v) is 3.60. The Hall–Kier alpha value is -1.02. The summed E-state index contributed by atoms with van der Waals surface area (Å²) in [6, 6.07) is 10.4. The third-order valence-corrected chi connectivity index (χ3v) is 5.29. The van der Waals surface area contributed by atoms with Gasteiger partial charge in [-0.25, -0.2) is 0 Å². The maximum atomic E-state index is 5.32. The highest BCUT2D eigenvalue weighted by Crippen LogP contribution is 2.40. The molecule has 1 aliphatic carbocycles. The van der Waals surface area contributed by atoms with Crippen molar-refractivity contribution >= 4 is 35.6 Å². The summed E-state index contributed by atoms with van der Waals surface area (Å²) in [5.74, 6) is 0.894. The zero-order valence-electron chi connectivity index (χ0n) is 16.5. The molecule has 0 unspecified atom stereocenters. The van der Waals surface area contributed by atoms with E-state index in [1.807, 2.05) is 13.1 Å². The van der Waals surface area contributed by atoms with Gasteiger partial charge in [0.05, 0.1) is 0 Å². The van der Waals surface area contributed by atoms with E-state index >= 15 is 0 Å². The Morgan fingerprint density at radius 2 is 1.88 bits per heavy atom. The topological polar surface area (TPSA) is 48.9 Å². The van der Waals surface area contributed by atoms with Crippen LogP contribution in [0.15, 0.2) is 35.3 Å². The lowest BCUT2D eigenvalue weighted by Crippen LogP contribution is -2.45. The minimum absolute atomic E-state index is 0. The largest absolute Gasteiger partial charge is 0.385 e. The van der Waals surface area contributed by atoms with Crippen molar-refractivity contribution in [3.8, 4) is 0 Å². The fraction of sp³-hybridized carbons (Fsp3) is 0.650. The van der Waals surface area contributed by atoms with Crippen LogP contribution in [0, 0.1) is 5.41 Å². The van der Waals surface area contributed by atoms with Gasteiger partial charge in [-0.3, -0.25) is 4.99 Å². The monoisotopic (exact) mass is 474 g/mol. The maximum Gasteiger partial charge on any atom is 0.191 e. The van der Waals surface area contributed by atoms with Crippen molar-refractivity contribution in [3.05, 3.63) is 30.3 Å². The van der Waals surface area contributed by atoms with Crippen LogP contribution in [0.5, 0.6) is 0 Å². The molecule has 1 aliphatic rings. The van der Waals surface area contributed by atoms with Crippen molar-refractivity contribution < 1.29 is 4.74 Å². The summed E-state index contributed by atoms with van der Waals surface area (Å²) in [7, 11) is 5.75. The fourth-order valence-electron chi connectivity index (χ4n) is 3.60. The van der Waals surface area contributed by atoms with Gasteiger partial charge in [0.25, 0.3) is 0 Å². The van der Waals surface area contributed by atoms with Crippen molar-refractivity contribution in [3.63, 3.8) is 0 Å². The van der Waals surface area contributed by atoms with E-state index in [0.29, 0.717) is 5.41 Å². The maximum absolute atomic E-state index is 5.32. The number of likely N-dealkylation sites (N-methyl/N-ethyl adjacent to an activating group) is 1. The highest BCUT2D eigenvalue weighted by Gasteiger charge is 2.33. The molecule has 0 radical (unpaired) electrons. The van der Waals surface area contributed by atoms with Crippen LogP contribution in [0.3, 0.4) is 0 Å². The SMILES string of the molecule is CN=C(NCCN(C)c1ccccc1)NCC1(CCOC)CCCC1.I. The van der Waals surface area contributed by atoms with Gasteiger partial charge in [0, 0.05) is 53.1 Å². The van der Waals surface area contributed by atoms with E-state index < -0.39 is 0 Å². The molecule has 1 aromatic carbocycles. The summed E-state index contributed by atoms with van der Waals surface area (Å²) in [6.45, 7) is 3.61. The number of para-hydroxylation sites is 1. The standard InChI is InChI=1S/C20H34N4O.HI/c1-21-19(22-14-15-24(2)18-9-5-4-6-10-18)23-17-20(13-16-25-3)11-7-8-12-20;/h4-6,9-10H,7-8,11-17H2,1-3H3,(H2,21,22,23);1H. The lowest BCUT2D eigenvalue weighted by Gasteiger charge is -2.30. The lowest BCUT2D eigenvalue weighted by atomic mass is 9.83. The second-order valence-corrected chi connectivity index (χ2v) is 7.06. The molecular weight excluding hydrogens is 439 g/mol. The second kappa shape index (κ2) is 12.4. The molecule has 0 amide bonds. The Morgan fingerprint density at radius 3 is 2.50 bits per heavy atom. The first-order valence-corrected chi connectivity index (χ1v) is 9.39. The van der Waals surface area contributed by atoms with Gasteiger partial charge < -0.3 is 20.3 Å². The molecule has 1 fully saturated rings. The minimum Gasteiger partial charge on any atom is -0.385 e. The number of methoxy groups -OCH3 is 1. The van der Waals surface area contributed by atoms with Crippen molar-refractivity contribution in [1.82, 2.24) is 10.6 Å². The van der Waals surface area contributed by atoms with Gasteiger partial charge in [0.1, 0.15) is 0 Å². The lowest BCUT2D eigenvalue weighted by molar-refractivity contribution is 0.138. The molecule has 5 nitrogen and oxygen atoms in total. The molecule has 0 saturated heterocycles. The quantitative estimate of drug-likeness (QED) is 0.327. The summed E-state index contributed by atoms with van der Waals surface area (Å²) in [4.78, 5) is 6.62. The molecule has 148 valence electrons. The van der Waals surface area contributed by atoms with E-state index in [0.717, 1.165) is 38.6 Å². The molecule has 2 rings (SSSR count). The number of halogens is 1. The van der Waals surface area contributed by atoms with Gasteiger partial charge in [-0.15, -0.1) is 24.0 Å². The normalized spacial score (nSPS) is 16.0. The summed E-state index contributed by atoms with van der Waals surface area (Å²) < 4.78 is 5.32. The molecule has 6 heteroatoms. The van der Waals surface area contributed by atoms with Crippen LogP contribution in [0.1, 0.15) is 32.1 Å². The highest BCUT2D eigenvalue weighted by atomic mass is 127. The van der Waals surface area contributed by atoms with E-state index in [4.69, 9.17) is 4.74 Å². The van der Waals surface area contributed by atoms with Gasteiger partial charge in [0.2, 0.25) is 0 Å². The van der Waals surface area contributed by atoms with E-state index in [9.17, 15) is 0 Å². The van der Waals surface area contributed by atoms with Crippen LogP contribution in [-0.4, -0.2) is 53.4 Å². The Morgan fingerprint density at radius 1 is 1.19 bits per heavy atom. The van der Waals surface area contributed by atoms with Gasteiger partial charge in [-0.2, -0.15) is 0 Å². The molecule has 0 spiro atoms. The Bertz CT molecular complexity index is 518. The van der Waals surface area contributed by atoms with Crippen molar-refractivity contribution in [2.45, 2.75) is 32.1 Å². The molecule has 1 aromatic rings. The molecule has 26 heavy (non-hydrogen) atoms. The molecular formula is C20H35IN4O. The molecule has 0 aliphatic heterocycles. The van der Waals surface area contributed by atoms with Crippen LogP contribution in [0.25, 0.3) is 0 Å². The predicted molar refractivity (Wildman–Crippen MR) is 122 cm³/mol. The molecule has 1 saturated carbocycles. The number of benzene rings is 1. The number of nitrogens with zero attached hydrogens (tertiary/aromatic N) is 2. The van der Waals surface area contributed by atoms with Crippen LogP contribution in [0.4, 0.5) is 5.69 Å². The van der Waals surface area contributed by atoms with Gasteiger partial charge in [0.15, 0.2) is 5.96 Å². The van der Waals surface area contributed by atoms with Crippen molar-refractivity contribution in [2.24, 2.45) is 10.4 Å². The zero-order chi connectivity index (χ0) is 18.0. The van der Waals surface area contributed by atoms with Crippen LogP contribution >= 0.6 is 24.0 Å². The average molecular weight is 474 g/mol. The second-order valence-electron chi connectivity index (χ2n) is 7.06. The van der Waals surface area contributed by atoms with E-state index in [-0.39, 0.29) is 24.0 Å². The van der Waals surface area contributed by atoms with E-state index in [1.54, 1.807) is 7.11 Å². The molecule has 0 atom stereocenters. The number of anilines is 1. The minimum atomic E-state index is 0.